The summed E-state index contributed by atoms with van der Waals surface area (Å²) in [6.07, 6.45) is 2.97. The molecule has 3 aromatic rings. The molecule has 0 saturated carbocycles. The molecular weight excluding hydrogens is 402 g/mol. The van der Waals surface area contributed by atoms with Crippen molar-refractivity contribution in [1.29, 1.82) is 0 Å². The van der Waals surface area contributed by atoms with Gasteiger partial charge >= 0.3 is 5.69 Å². The quantitative estimate of drug-likeness (QED) is 0.403. The summed E-state index contributed by atoms with van der Waals surface area (Å²) in [5.41, 5.74) is 0.470. The first-order chi connectivity index (χ1) is 14.1. The first-order valence-electron chi connectivity index (χ1n) is 9.80. The summed E-state index contributed by atoms with van der Waals surface area (Å²) >= 11 is 1.42. The van der Waals surface area contributed by atoms with E-state index in [1.54, 1.807) is 0 Å². The normalized spacial score (nSPS) is 18.3. The zero-order chi connectivity index (χ0) is 21.5. The number of fused-ring (bicyclic) bond motifs is 1. The Kier molecular flexibility index (Phi) is 5.07. The molecule has 1 aromatic carbocycles. The number of thiazole rings is 1. The predicted octanol–water partition coefficient (Wildman–Crippen LogP) is 4.46. The van der Waals surface area contributed by atoms with Crippen LogP contribution in [0, 0.1) is 10.1 Å². The number of nitro groups is 1. The van der Waals surface area contributed by atoms with Crippen molar-refractivity contribution in [2.75, 3.05) is 10.6 Å². The molecule has 10 heteroatoms. The number of rotatable bonds is 5. The van der Waals surface area contributed by atoms with E-state index in [4.69, 9.17) is 0 Å². The number of nitrogens with one attached hydrogen (secondary N) is 3. The molecule has 4 rings (SSSR count). The van der Waals surface area contributed by atoms with Crippen molar-refractivity contribution in [2.45, 2.75) is 57.7 Å². The van der Waals surface area contributed by atoms with Crippen LogP contribution in [0.15, 0.2) is 30.6 Å². The largest absolute Gasteiger partial charge is 0.361 e. The van der Waals surface area contributed by atoms with E-state index >= 15 is 0 Å². The first-order valence-corrected chi connectivity index (χ1v) is 10.6. The monoisotopic (exact) mass is 427 g/mol. The Morgan fingerprint density at radius 3 is 2.47 bits per heavy atom. The molecule has 3 heterocycles. The maximum atomic E-state index is 11.9. The van der Waals surface area contributed by atoms with E-state index in [1.807, 2.05) is 24.3 Å². The first kappa shape index (κ1) is 20.4. The van der Waals surface area contributed by atoms with Crippen molar-refractivity contribution in [3.63, 3.8) is 0 Å². The summed E-state index contributed by atoms with van der Waals surface area (Å²) in [6.45, 7) is 8.54. The summed E-state index contributed by atoms with van der Waals surface area (Å²) in [6, 6.07) is 7.74. The average Bonchev–Trinajstić information content (AvgIpc) is 3.01. The van der Waals surface area contributed by atoms with Gasteiger partial charge in [0, 0.05) is 17.1 Å². The Bertz CT molecular complexity index is 1050. The molecule has 0 unspecified atom stereocenters. The van der Waals surface area contributed by atoms with Crippen molar-refractivity contribution in [3.05, 3.63) is 40.7 Å². The lowest BCUT2D eigenvalue weighted by molar-refractivity contribution is -0.383. The molecule has 3 N–H and O–H groups in total. The molecule has 0 spiro atoms. The van der Waals surface area contributed by atoms with Crippen LogP contribution in [0.4, 0.5) is 22.5 Å². The van der Waals surface area contributed by atoms with Crippen LogP contribution in [-0.2, 0) is 0 Å². The van der Waals surface area contributed by atoms with Gasteiger partial charge in [0.1, 0.15) is 6.33 Å². The highest BCUT2D eigenvalue weighted by Crippen LogP contribution is 2.36. The highest BCUT2D eigenvalue weighted by Gasteiger charge is 2.38. The van der Waals surface area contributed by atoms with Crippen LogP contribution in [0.2, 0.25) is 0 Å². The molecule has 1 fully saturated rings. The Balaban J connectivity index is 1.64. The van der Waals surface area contributed by atoms with E-state index in [2.05, 4.69) is 58.6 Å². The number of nitrogens with zero attached hydrogens (tertiary/aromatic N) is 4. The van der Waals surface area contributed by atoms with Gasteiger partial charge in [-0.05, 0) is 52.7 Å². The van der Waals surface area contributed by atoms with Crippen molar-refractivity contribution in [1.82, 2.24) is 20.3 Å². The van der Waals surface area contributed by atoms with Crippen LogP contribution in [0.3, 0.4) is 0 Å². The van der Waals surface area contributed by atoms with Crippen molar-refractivity contribution in [3.8, 4) is 0 Å². The number of aromatic nitrogens is 3. The summed E-state index contributed by atoms with van der Waals surface area (Å²) < 4.78 is 0.995. The Labute approximate surface area is 178 Å². The molecule has 0 radical (unpaired) electrons. The standard InChI is InChI=1S/C20H25N7O2S/c1-19(2)9-12(10-20(3,4)26-19)23-16-15(27(28)29)17(22-11-21-16)25-18-24-13-7-5-6-8-14(13)30-18/h5-8,11-12,26H,9-10H2,1-4H3,(H2,21,22,23,24,25). The second-order valence-electron chi connectivity index (χ2n) is 8.93. The lowest BCUT2D eigenvalue weighted by Gasteiger charge is -2.46. The SMILES string of the molecule is CC1(C)CC(Nc2ncnc(Nc3nc4ccccc4s3)c2[N+](=O)[O-])CC(C)(C)N1. The fraction of sp³-hybridized carbons (Fsp3) is 0.450. The maximum Gasteiger partial charge on any atom is 0.353 e. The molecular formula is C20H25N7O2S. The van der Waals surface area contributed by atoms with E-state index in [-0.39, 0.29) is 34.4 Å². The van der Waals surface area contributed by atoms with E-state index in [1.165, 1.54) is 17.7 Å². The van der Waals surface area contributed by atoms with Gasteiger partial charge in [-0.25, -0.2) is 15.0 Å². The van der Waals surface area contributed by atoms with Crippen LogP contribution >= 0.6 is 11.3 Å². The second-order valence-corrected chi connectivity index (χ2v) is 9.96. The van der Waals surface area contributed by atoms with Crippen LogP contribution in [0.1, 0.15) is 40.5 Å². The molecule has 158 valence electrons. The summed E-state index contributed by atoms with van der Waals surface area (Å²) in [4.78, 5) is 24.3. The van der Waals surface area contributed by atoms with Gasteiger partial charge in [0.05, 0.1) is 15.1 Å². The van der Waals surface area contributed by atoms with Gasteiger partial charge in [-0.3, -0.25) is 10.1 Å². The van der Waals surface area contributed by atoms with Gasteiger partial charge < -0.3 is 16.0 Å². The number of hydrogen-bond acceptors (Lipinski definition) is 9. The molecule has 9 nitrogen and oxygen atoms in total. The highest BCUT2D eigenvalue weighted by molar-refractivity contribution is 7.22. The molecule has 0 atom stereocenters. The lowest BCUT2D eigenvalue weighted by Crippen LogP contribution is -2.60. The molecule has 0 aliphatic carbocycles. The fourth-order valence-electron chi connectivity index (χ4n) is 4.39. The molecule has 1 aliphatic heterocycles. The number of para-hydroxylation sites is 1. The number of piperidine rings is 1. The Hall–Kier alpha value is -2.85. The van der Waals surface area contributed by atoms with Crippen LogP contribution in [-0.4, -0.2) is 37.0 Å². The number of hydrogen-bond donors (Lipinski definition) is 3. The average molecular weight is 428 g/mol. The molecule has 1 saturated heterocycles. The molecule has 1 aliphatic rings. The predicted molar refractivity (Wildman–Crippen MR) is 120 cm³/mol. The number of anilines is 3. The second kappa shape index (κ2) is 7.44. The third-order valence-corrected chi connectivity index (χ3v) is 6.01. The summed E-state index contributed by atoms with van der Waals surface area (Å²) in [5, 5.41) is 22.4. The van der Waals surface area contributed by atoms with E-state index in [0.717, 1.165) is 23.1 Å². The molecule has 2 aromatic heterocycles. The van der Waals surface area contributed by atoms with Gasteiger partial charge in [0.15, 0.2) is 5.13 Å². The molecule has 0 amide bonds. The van der Waals surface area contributed by atoms with E-state index < -0.39 is 4.92 Å². The van der Waals surface area contributed by atoms with E-state index in [9.17, 15) is 10.1 Å². The summed E-state index contributed by atoms with van der Waals surface area (Å²) in [7, 11) is 0. The maximum absolute atomic E-state index is 11.9. The van der Waals surface area contributed by atoms with Gasteiger partial charge in [0.2, 0.25) is 11.6 Å². The Morgan fingerprint density at radius 1 is 1.13 bits per heavy atom. The molecule has 0 bridgehead atoms. The third kappa shape index (κ3) is 4.34. The van der Waals surface area contributed by atoms with Gasteiger partial charge in [-0.1, -0.05) is 23.5 Å². The molecule has 30 heavy (non-hydrogen) atoms. The van der Waals surface area contributed by atoms with E-state index in [0.29, 0.717) is 5.13 Å². The minimum Gasteiger partial charge on any atom is -0.361 e. The minimum atomic E-state index is -0.449. The minimum absolute atomic E-state index is 0.0418. The van der Waals surface area contributed by atoms with Gasteiger partial charge in [0.25, 0.3) is 0 Å². The van der Waals surface area contributed by atoms with Gasteiger partial charge in [-0.15, -0.1) is 0 Å². The van der Waals surface area contributed by atoms with Crippen molar-refractivity contribution >= 4 is 44.0 Å². The van der Waals surface area contributed by atoms with Crippen LogP contribution in [0.25, 0.3) is 10.2 Å². The highest BCUT2D eigenvalue weighted by atomic mass is 32.1. The van der Waals surface area contributed by atoms with Crippen LogP contribution in [0.5, 0.6) is 0 Å². The van der Waals surface area contributed by atoms with Gasteiger partial charge in [-0.2, -0.15) is 0 Å². The zero-order valence-corrected chi connectivity index (χ0v) is 18.2. The Morgan fingerprint density at radius 2 is 1.80 bits per heavy atom. The van der Waals surface area contributed by atoms with Crippen LogP contribution < -0.4 is 16.0 Å². The topological polar surface area (TPSA) is 118 Å². The summed E-state index contributed by atoms with van der Waals surface area (Å²) in [5.74, 6) is 0.348. The van der Waals surface area contributed by atoms with Crippen molar-refractivity contribution in [2.24, 2.45) is 0 Å². The number of benzene rings is 1. The smallest absolute Gasteiger partial charge is 0.353 e. The van der Waals surface area contributed by atoms with Crippen molar-refractivity contribution < 1.29 is 4.92 Å². The third-order valence-electron chi connectivity index (χ3n) is 5.06. The lowest BCUT2D eigenvalue weighted by atomic mass is 9.79. The fourth-order valence-corrected chi connectivity index (χ4v) is 5.26. The zero-order valence-electron chi connectivity index (χ0n) is 17.4.